The summed E-state index contributed by atoms with van der Waals surface area (Å²) >= 11 is 1.77. The SMILES string of the molecule is Cc1ncc(CN2CCC(CO)C2)s1. The lowest BCUT2D eigenvalue weighted by atomic mass is 10.1. The molecule has 3 nitrogen and oxygen atoms in total. The number of aliphatic hydroxyl groups excluding tert-OH is 1. The summed E-state index contributed by atoms with van der Waals surface area (Å²) in [4.78, 5) is 7.97. The number of hydrogen-bond acceptors (Lipinski definition) is 4. The molecule has 2 rings (SSSR count). The van der Waals surface area contributed by atoms with Crippen LogP contribution in [0.4, 0.5) is 0 Å². The maximum absolute atomic E-state index is 9.02. The van der Waals surface area contributed by atoms with E-state index in [1.807, 2.05) is 13.1 Å². The van der Waals surface area contributed by atoms with Gasteiger partial charge in [0.25, 0.3) is 0 Å². The van der Waals surface area contributed by atoms with Crippen LogP contribution < -0.4 is 0 Å². The molecule has 0 bridgehead atoms. The van der Waals surface area contributed by atoms with Gasteiger partial charge in [-0.15, -0.1) is 11.3 Å². The zero-order valence-corrected chi connectivity index (χ0v) is 9.26. The minimum atomic E-state index is 0.332. The van der Waals surface area contributed by atoms with Gasteiger partial charge in [-0.05, 0) is 25.8 Å². The quantitative estimate of drug-likeness (QED) is 0.819. The van der Waals surface area contributed by atoms with Gasteiger partial charge in [-0.2, -0.15) is 0 Å². The van der Waals surface area contributed by atoms with Crippen LogP contribution in [0.25, 0.3) is 0 Å². The van der Waals surface area contributed by atoms with Crippen LogP contribution in [0.1, 0.15) is 16.3 Å². The number of aromatic nitrogens is 1. The zero-order chi connectivity index (χ0) is 9.97. The monoisotopic (exact) mass is 212 g/mol. The van der Waals surface area contributed by atoms with Gasteiger partial charge in [0.05, 0.1) is 5.01 Å². The number of nitrogens with zero attached hydrogens (tertiary/aromatic N) is 2. The molecule has 0 aliphatic carbocycles. The van der Waals surface area contributed by atoms with Gasteiger partial charge in [-0.3, -0.25) is 4.90 Å². The lowest BCUT2D eigenvalue weighted by Crippen LogP contribution is -2.20. The van der Waals surface area contributed by atoms with Crippen molar-refractivity contribution in [1.82, 2.24) is 9.88 Å². The number of thiazole rings is 1. The number of hydrogen-bond donors (Lipinski definition) is 1. The van der Waals surface area contributed by atoms with Crippen LogP contribution in [0.2, 0.25) is 0 Å². The Labute approximate surface area is 88.4 Å². The molecule has 1 N–H and O–H groups in total. The van der Waals surface area contributed by atoms with Crippen molar-refractivity contribution in [3.05, 3.63) is 16.1 Å². The Morgan fingerprint density at radius 2 is 2.57 bits per heavy atom. The summed E-state index contributed by atoms with van der Waals surface area (Å²) in [7, 11) is 0. The number of rotatable bonds is 3. The number of likely N-dealkylation sites (tertiary alicyclic amines) is 1. The van der Waals surface area contributed by atoms with Crippen molar-refractivity contribution in [2.45, 2.75) is 19.9 Å². The summed E-state index contributed by atoms with van der Waals surface area (Å²) in [5, 5.41) is 10.2. The number of aliphatic hydroxyl groups is 1. The van der Waals surface area contributed by atoms with Gasteiger partial charge >= 0.3 is 0 Å². The first-order chi connectivity index (χ1) is 6.78. The Hall–Kier alpha value is -0.450. The van der Waals surface area contributed by atoms with E-state index in [9.17, 15) is 0 Å². The molecule has 1 atom stereocenters. The predicted molar refractivity (Wildman–Crippen MR) is 57.3 cm³/mol. The zero-order valence-electron chi connectivity index (χ0n) is 8.44. The van der Waals surface area contributed by atoms with Gasteiger partial charge < -0.3 is 5.11 Å². The summed E-state index contributed by atoms with van der Waals surface area (Å²) in [6.07, 6.45) is 3.10. The molecule has 1 fully saturated rings. The second-order valence-electron chi connectivity index (χ2n) is 3.92. The van der Waals surface area contributed by atoms with Gasteiger partial charge in [0.2, 0.25) is 0 Å². The molecule has 1 aromatic rings. The topological polar surface area (TPSA) is 36.4 Å². The van der Waals surface area contributed by atoms with E-state index in [0.717, 1.165) is 31.1 Å². The van der Waals surface area contributed by atoms with E-state index >= 15 is 0 Å². The van der Waals surface area contributed by atoms with E-state index in [1.54, 1.807) is 11.3 Å². The molecule has 2 heterocycles. The summed E-state index contributed by atoms with van der Waals surface area (Å²) in [5.41, 5.74) is 0. The Balaban J connectivity index is 1.87. The van der Waals surface area contributed by atoms with Crippen molar-refractivity contribution < 1.29 is 5.11 Å². The van der Waals surface area contributed by atoms with Crippen molar-refractivity contribution >= 4 is 11.3 Å². The lowest BCUT2D eigenvalue weighted by molar-refractivity contribution is 0.220. The molecule has 0 aromatic carbocycles. The normalized spacial score (nSPS) is 23.1. The molecule has 1 aliphatic heterocycles. The largest absolute Gasteiger partial charge is 0.396 e. The first-order valence-electron chi connectivity index (χ1n) is 5.02. The van der Waals surface area contributed by atoms with E-state index < -0.39 is 0 Å². The van der Waals surface area contributed by atoms with Crippen LogP contribution in [0, 0.1) is 12.8 Å². The number of aryl methyl sites for hydroxylation is 1. The Bertz CT molecular complexity index is 300. The summed E-state index contributed by atoms with van der Waals surface area (Å²) in [5.74, 6) is 0.490. The summed E-state index contributed by atoms with van der Waals surface area (Å²) in [6.45, 7) is 5.52. The van der Waals surface area contributed by atoms with Crippen LogP contribution in [-0.2, 0) is 6.54 Å². The summed E-state index contributed by atoms with van der Waals surface area (Å²) in [6, 6.07) is 0. The highest BCUT2D eigenvalue weighted by Crippen LogP contribution is 2.20. The average Bonchev–Trinajstić information content (AvgIpc) is 2.76. The van der Waals surface area contributed by atoms with E-state index in [2.05, 4.69) is 9.88 Å². The van der Waals surface area contributed by atoms with Crippen molar-refractivity contribution in [1.29, 1.82) is 0 Å². The fourth-order valence-electron chi connectivity index (χ4n) is 1.90. The molecule has 1 aromatic heterocycles. The fraction of sp³-hybridized carbons (Fsp3) is 0.700. The lowest BCUT2D eigenvalue weighted by Gasteiger charge is -2.13. The van der Waals surface area contributed by atoms with Gasteiger partial charge in [0, 0.05) is 30.8 Å². The van der Waals surface area contributed by atoms with Crippen LogP contribution in [0.15, 0.2) is 6.20 Å². The van der Waals surface area contributed by atoms with E-state index in [4.69, 9.17) is 5.11 Å². The third kappa shape index (κ3) is 2.32. The average molecular weight is 212 g/mol. The van der Waals surface area contributed by atoms with Gasteiger partial charge in [0.15, 0.2) is 0 Å². The Morgan fingerprint density at radius 3 is 3.14 bits per heavy atom. The van der Waals surface area contributed by atoms with Crippen LogP contribution >= 0.6 is 11.3 Å². The maximum atomic E-state index is 9.02. The molecule has 0 spiro atoms. The molecule has 0 amide bonds. The van der Waals surface area contributed by atoms with E-state index in [1.165, 1.54) is 4.88 Å². The standard InChI is InChI=1S/C10H16N2OS/c1-8-11-4-10(14-8)6-12-3-2-9(5-12)7-13/h4,9,13H,2-3,5-7H2,1H3. The fourth-order valence-corrected chi connectivity index (χ4v) is 2.74. The van der Waals surface area contributed by atoms with E-state index in [0.29, 0.717) is 12.5 Å². The second-order valence-corrected chi connectivity index (χ2v) is 5.24. The molecule has 78 valence electrons. The Morgan fingerprint density at radius 1 is 1.71 bits per heavy atom. The molecule has 14 heavy (non-hydrogen) atoms. The highest BCUT2D eigenvalue weighted by molar-refractivity contribution is 7.11. The molecule has 1 saturated heterocycles. The minimum absolute atomic E-state index is 0.332. The molecular weight excluding hydrogens is 196 g/mol. The van der Waals surface area contributed by atoms with Crippen molar-refractivity contribution in [2.75, 3.05) is 19.7 Å². The predicted octanol–water partition coefficient (Wildman–Crippen LogP) is 1.27. The third-order valence-electron chi connectivity index (χ3n) is 2.68. The van der Waals surface area contributed by atoms with Gasteiger partial charge in [-0.1, -0.05) is 0 Å². The van der Waals surface area contributed by atoms with Crippen molar-refractivity contribution in [2.24, 2.45) is 5.92 Å². The minimum Gasteiger partial charge on any atom is -0.396 e. The van der Waals surface area contributed by atoms with Gasteiger partial charge in [-0.25, -0.2) is 4.98 Å². The second kappa shape index (κ2) is 4.38. The first kappa shape index (κ1) is 10.1. The Kier molecular flexibility index (Phi) is 3.15. The molecule has 0 saturated carbocycles. The molecule has 0 radical (unpaired) electrons. The molecular formula is C10H16N2OS. The van der Waals surface area contributed by atoms with Crippen molar-refractivity contribution in [3.8, 4) is 0 Å². The van der Waals surface area contributed by atoms with Crippen LogP contribution in [-0.4, -0.2) is 34.7 Å². The maximum Gasteiger partial charge on any atom is 0.0897 e. The highest BCUT2D eigenvalue weighted by atomic mass is 32.1. The summed E-state index contributed by atoms with van der Waals surface area (Å²) < 4.78 is 0. The molecule has 1 aliphatic rings. The van der Waals surface area contributed by atoms with E-state index in [-0.39, 0.29) is 0 Å². The van der Waals surface area contributed by atoms with Crippen LogP contribution in [0.3, 0.4) is 0 Å². The van der Waals surface area contributed by atoms with Gasteiger partial charge in [0.1, 0.15) is 0 Å². The smallest absolute Gasteiger partial charge is 0.0897 e. The molecule has 1 unspecified atom stereocenters. The van der Waals surface area contributed by atoms with Crippen molar-refractivity contribution in [3.63, 3.8) is 0 Å². The highest BCUT2D eigenvalue weighted by Gasteiger charge is 2.21. The van der Waals surface area contributed by atoms with Crippen LogP contribution in [0.5, 0.6) is 0 Å². The first-order valence-corrected chi connectivity index (χ1v) is 5.84. The molecule has 4 heteroatoms. The third-order valence-corrected chi connectivity index (χ3v) is 3.57.